The number of benzene rings is 3. The summed E-state index contributed by atoms with van der Waals surface area (Å²) in [7, 11) is -4.29. The molecule has 1 atom stereocenters. The molecule has 1 fully saturated rings. The van der Waals surface area contributed by atoms with Gasteiger partial charge in [0.2, 0.25) is 11.8 Å². The second-order valence-electron chi connectivity index (χ2n) is 10.3. The van der Waals surface area contributed by atoms with Crippen LogP contribution in [-0.2, 0) is 26.2 Å². The average Bonchev–Trinajstić information content (AvgIpc) is 3.46. The van der Waals surface area contributed by atoms with E-state index < -0.39 is 28.5 Å². The maximum atomic E-state index is 14.1. The summed E-state index contributed by atoms with van der Waals surface area (Å²) in [6.45, 7) is 2.73. The number of carbonyl (C=O) groups is 2. The van der Waals surface area contributed by atoms with Crippen molar-refractivity contribution < 1.29 is 18.0 Å². The Hall–Kier alpha value is -2.49. The lowest BCUT2D eigenvalue weighted by molar-refractivity contribution is -0.139. The second kappa shape index (κ2) is 13.9. The van der Waals surface area contributed by atoms with Crippen LogP contribution in [0.3, 0.4) is 0 Å². The van der Waals surface area contributed by atoms with Crippen molar-refractivity contribution in [3.05, 3.63) is 91.9 Å². The van der Waals surface area contributed by atoms with E-state index >= 15 is 0 Å². The Labute approximate surface area is 266 Å². The fraction of sp³-hybridized carbons (Fsp3) is 0.333. The molecule has 0 radical (unpaired) electrons. The number of carbonyl (C=O) groups excluding carboxylic acids is 2. The molecule has 1 aliphatic rings. The van der Waals surface area contributed by atoms with Gasteiger partial charge in [-0.3, -0.25) is 13.9 Å². The molecule has 0 aliphatic heterocycles. The molecule has 2 amide bonds. The number of hydrogen-bond donors (Lipinski definition) is 1. The molecular weight excluding hydrogens is 640 g/mol. The molecule has 0 aromatic heterocycles. The molecule has 0 spiro atoms. The van der Waals surface area contributed by atoms with Crippen LogP contribution in [0.25, 0.3) is 0 Å². The van der Waals surface area contributed by atoms with Crippen molar-refractivity contribution >= 4 is 73.9 Å². The minimum atomic E-state index is -4.29. The minimum Gasteiger partial charge on any atom is -0.352 e. The van der Waals surface area contributed by atoms with E-state index in [0.717, 1.165) is 35.6 Å². The van der Waals surface area contributed by atoms with Crippen LogP contribution in [0.1, 0.15) is 43.7 Å². The second-order valence-corrected chi connectivity index (χ2v) is 13.8. The van der Waals surface area contributed by atoms with E-state index in [0.29, 0.717) is 15.6 Å². The predicted octanol–water partition coefficient (Wildman–Crippen LogP) is 7.28. The van der Waals surface area contributed by atoms with Crippen molar-refractivity contribution in [2.75, 3.05) is 10.8 Å². The standard InChI is InChI=1S/C30H31Cl4N3O4S/c1-19-10-14-24(15-11-19)42(40,41)37(27-9-5-8-25(32)29(27)34)18-28(38)36(17-21-12-13-22(31)16-26(21)33)20(2)30(39)35-23-6-3-4-7-23/h5,8-16,20,23H,3-4,6-7,17-18H2,1-2H3,(H,35,39). The zero-order chi connectivity index (χ0) is 30.6. The molecule has 1 N–H and O–H groups in total. The zero-order valence-corrected chi connectivity index (χ0v) is 27.0. The molecule has 1 unspecified atom stereocenters. The van der Waals surface area contributed by atoms with E-state index in [1.165, 1.54) is 29.2 Å². The molecular formula is C30H31Cl4N3O4S. The quantitative estimate of drug-likeness (QED) is 0.246. The highest BCUT2D eigenvalue weighted by molar-refractivity contribution is 7.92. The number of sulfonamides is 1. The number of aryl methyl sites for hydroxylation is 1. The lowest BCUT2D eigenvalue weighted by atomic mass is 10.1. The first-order chi connectivity index (χ1) is 19.9. The summed E-state index contributed by atoms with van der Waals surface area (Å²) in [6.07, 6.45) is 3.78. The van der Waals surface area contributed by atoms with Gasteiger partial charge in [-0.25, -0.2) is 8.42 Å². The Morgan fingerprint density at radius 3 is 2.26 bits per heavy atom. The Morgan fingerprint density at radius 1 is 0.952 bits per heavy atom. The molecule has 0 bridgehead atoms. The first kappa shape index (κ1) is 32.4. The summed E-state index contributed by atoms with van der Waals surface area (Å²) < 4.78 is 28.9. The summed E-state index contributed by atoms with van der Waals surface area (Å²) in [6, 6.07) is 14.7. The zero-order valence-electron chi connectivity index (χ0n) is 23.1. The van der Waals surface area contributed by atoms with Crippen molar-refractivity contribution in [3.8, 4) is 0 Å². The molecule has 12 heteroatoms. The summed E-state index contributed by atoms with van der Waals surface area (Å²) >= 11 is 25.3. The largest absolute Gasteiger partial charge is 0.352 e. The van der Waals surface area contributed by atoms with Gasteiger partial charge in [-0.2, -0.15) is 0 Å². The first-order valence-corrected chi connectivity index (χ1v) is 16.4. The summed E-state index contributed by atoms with van der Waals surface area (Å²) in [5, 5.41) is 3.86. The smallest absolute Gasteiger partial charge is 0.264 e. The highest BCUT2D eigenvalue weighted by atomic mass is 35.5. The maximum absolute atomic E-state index is 14.1. The van der Waals surface area contributed by atoms with Gasteiger partial charge in [0.25, 0.3) is 10.0 Å². The number of halogens is 4. The van der Waals surface area contributed by atoms with Crippen LogP contribution in [0.5, 0.6) is 0 Å². The fourth-order valence-electron chi connectivity index (χ4n) is 4.84. The van der Waals surface area contributed by atoms with E-state index in [9.17, 15) is 18.0 Å². The number of rotatable bonds is 10. The van der Waals surface area contributed by atoms with Gasteiger partial charge >= 0.3 is 0 Å². The Balaban J connectivity index is 1.74. The van der Waals surface area contributed by atoms with Gasteiger partial charge in [-0.05, 0) is 68.7 Å². The van der Waals surface area contributed by atoms with E-state index in [2.05, 4.69) is 5.32 Å². The molecule has 42 heavy (non-hydrogen) atoms. The summed E-state index contributed by atoms with van der Waals surface area (Å²) in [5.41, 5.74) is 1.44. The van der Waals surface area contributed by atoms with Crippen LogP contribution < -0.4 is 9.62 Å². The third kappa shape index (κ3) is 7.53. The van der Waals surface area contributed by atoms with E-state index in [1.807, 2.05) is 6.92 Å². The summed E-state index contributed by atoms with van der Waals surface area (Å²) in [4.78, 5) is 28.7. The molecule has 3 aromatic rings. The lowest BCUT2D eigenvalue weighted by Crippen LogP contribution is -2.52. The van der Waals surface area contributed by atoms with Crippen LogP contribution in [0.4, 0.5) is 5.69 Å². The van der Waals surface area contributed by atoms with E-state index in [4.69, 9.17) is 46.4 Å². The molecule has 3 aromatic carbocycles. The van der Waals surface area contributed by atoms with Gasteiger partial charge < -0.3 is 10.2 Å². The Morgan fingerprint density at radius 2 is 1.62 bits per heavy atom. The monoisotopic (exact) mass is 669 g/mol. The van der Waals surface area contributed by atoms with Gasteiger partial charge in [-0.1, -0.05) is 89.1 Å². The SMILES string of the molecule is Cc1ccc(S(=O)(=O)N(CC(=O)N(Cc2ccc(Cl)cc2Cl)C(C)C(=O)NC2CCCC2)c2cccc(Cl)c2Cl)cc1. The van der Waals surface area contributed by atoms with Crippen LogP contribution >= 0.6 is 46.4 Å². The lowest BCUT2D eigenvalue weighted by Gasteiger charge is -2.33. The van der Waals surface area contributed by atoms with Gasteiger partial charge in [0.15, 0.2) is 0 Å². The van der Waals surface area contributed by atoms with Gasteiger partial charge in [0, 0.05) is 22.6 Å². The van der Waals surface area contributed by atoms with Crippen LogP contribution in [0.2, 0.25) is 20.1 Å². The normalized spacial score (nSPS) is 14.4. The predicted molar refractivity (Wildman–Crippen MR) is 169 cm³/mol. The third-order valence-electron chi connectivity index (χ3n) is 7.31. The van der Waals surface area contributed by atoms with Gasteiger partial charge in [-0.15, -0.1) is 0 Å². The topological polar surface area (TPSA) is 86.8 Å². The van der Waals surface area contributed by atoms with E-state index in [-0.39, 0.29) is 39.1 Å². The highest BCUT2D eigenvalue weighted by Gasteiger charge is 2.34. The Bertz CT molecular complexity index is 1560. The average molecular weight is 671 g/mol. The number of hydrogen-bond acceptors (Lipinski definition) is 4. The number of amides is 2. The van der Waals surface area contributed by atoms with Crippen LogP contribution in [0, 0.1) is 6.92 Å². The van der Waals surface area contributed by atoms with E-state index in [1.54, 1.807) is 43.3 Å². The maximum Gasteiger partial charge on any atom is 0.264 e. The molecule has 0 heterocycles. The summed E-state index contributed by atoms with van der Waals surface area (Å²) in [5.74, 6) is -0.976. The minimum absolute atomic E-state index is 0.0260. The number of nitrogens with zero attached hydrogens (tertiary/aromatic N) is 2. The third-order valence-corrected chi connectivity index (χ3v) is 10.5. The van der Waals surface area contributed by atoms with Gasteiger partial charge in [0.1, 0.15) is 12.6 Å². The fourth-order valence-corrected chi connectivity index (χ4v) is 7.19. The molecule has 224 valence electrons. The van der Waals surface area contributed by atoms with Crippen LogP contribution in [-0.4, -0.2) is 43.8 Å². The van der Waals surface area contributed by atoms with Gasteiger partial charge in [0.05, 0.1) is 20.6 Å². The van der Waals surface area contributed by atoms with Crippen molar-refractivity contribution in [1.82, 2.24) is 10.2 Å². The van der Waals surface area contributed by atoms with Crippen molar-refractivity contribution in [1.29, 1.82) is 0 Å². The van der Waals surface area contributed by atoms with Crippen molar-refractivity contribution in [3.63, 3.8) is 0 Å². The Kier molecular flexibility index (Phi) is 10.7. The molecule has 4 rings (SSSR count). The first-order valence-electron chi connectivity index (χ1n) is 13.5. The molecule has 1 saturated carbocycles. The van der Waals surface area contributed by atoms with Crippen molar-refractivity contribution in [2.45, 2.75) is 63.1 Å². The van der Waals surface area contributed by atoms with Crippen molar-refractivity contribution in [2.24, 2.45) is 0 Å². The molecule has 7 nitrogen and oxygen atoms in total. The molecule has 0 saturated heterocycles. The molecule has 1 aliphatic carbocycles. The number of nitrogens with one attached hydrogen (secondary N) is 1. The number of anilines is 1. The van der Waals surface area contributed by atoms with Crippen LogP contribution in [0.15, 0.2) is 65.6 Å². The highest BCUT2D eigenvalue weighted by Crippen LogP contribution is 2.36.